The molecule has 0 bridgehead atoms. The molecule has 0 saturated heterocycles. The van der Waals surface area contributed by atoms with Gasteiger partial charge in [0.2, 0.25) is 0 Å². The van der Waals surface area contributed by atoms with Crippen molar-refractivity contribution < 1.29 is 4.74 Å². The number of ether oxygens (including phenoxy) is 1. The van der Waals surface area contributed by atoms with Crippen molar-refractivity contribution in [3.05, 3.63) is 18.2 Å². The fraction of sp³-hybridized carbons (Fsp3) is 0.333. The maximum atomic E-state index is 6.12. The molecule has 0 aliphatic rings. The molecule has 1 aromatic carbocycles. The van der Waals surface area contributed by atoms with Crippen molar-refractivity contribution in [3.8, 4) is 5.75 Å². The molecule has 2 N–H and O–H groups in total. The molecule has 0 unspecified atom stereocenters. The number of benzene rings is 1. The van der Waals surface area contributed by atoms with Gasteiger partial charge in [0.1, 0.15) is 5.75 Å². The Morgan fingerprint density at radius 3 is 2.79 bits per heavy atom. The number of hydrogen-bond donors (Lipinski definition) is 1. The Morgan fingerprint density at radius 2 is 2.11 bits per heavy atom. The SMILES string of the molecule is CCCOc1cccc(Sc2nnc(SC)s2)c1N. The van der Waals surface area contributed by atoms with Crippen LogP contribution in [-0.2, 0) is 0 Å². The van der Waals surface area contributed by atoms with Crippen molar-refractivity contribution in [3.63, 3.8) is 0 Å². The summed E-state index contributed by atoms with van der Waals surface area (Å²) >= 11 is 4.69. The Kier molecular flexibility index (Phi) is 5.35. The molecular formula is C12H15N3OS3. The standard InChI is InChI=1S/C12H15N3OS3/c1-3-7-16-8-5-4-6-9(10(8)13)18-12-15-14-11(17-2)19-12/h4-6H,3,7,13H2,1-2H3. The van der Waals surface area contributed by atoms with Gasteiger partial charge in [-0.2, -0.15) is 0 Å². The number of para-hydroxylation sites is 1. The van der Waals surface area contributed by atoms with Crippen LogP contribution >= 0.6 is 34.9 Å². The molecule has 0 fully saturated rings. The monoisotopic (exact) mass is 313 g/mol. The summed E-state index contributed by atoms with van der Waals surface area (Å²) in [7, 11) is 0. The highest BCUT2D eigenvalue weighted by molar-refractivity contribution is 8.03. The zero-order valence-electron chi connectivity index (χ0n) is 10.8. The first kappa shape index (κ1) is 14.5. The van der Waals surface area contributed by atoms with Crippen LogP contribution in [0.2, 0.25) is 0 Å². The second-order valence-electron chi connectivity index (χ2n) is 3.66. The van der Waals surface area contributed by atoms with Gasteiger partial charge in [0, 0.05) is 4.90 Å². The molecule has 0 atom stereocenters. The van der Waals surface area contributed by atoms with Crippen LogP contribution in [-0.4, -0.2) is 23.1 Å². The molecule has 19 heavy (non-hydrogen) atoms. The first-order valence-electron chi connectivity index (χ1n) is 5.81. The first-order valence-corrected chi connectivity index (χ1v) is 8.67. The second-order valence-corrected chi connectivity index (χ2v) is 6.98. The van der Waals surface area contributed by atoms with E-state index in [0.29, 0.717) is 12.3 Å². The molecule has 1 heterocycles. The third-order valence-electron chi connectivity index (χ3n) is 2.25. The van der Waals surface area contributed by atoms with Gasteiger partial charge >= 0.3 is 0 Å². The van der Waals surface area contributed by atoms with Gasteiger partial charge in [-0.3, -0.25) is 0 Å². The van der Waals surface area contributed by atoms with Crippen molar-refractivity contribution in [1.82, 2.24) is 10.2 Å². The largest absolute Gasteiger partial charge is 0.491 e. The van der Waals surface area contributed by atoms with Crippen LogP contribution in [0.5, 0.6) is 5.75 Å². The van der Waals surface area contributed by atoms with Crippen molar-refractivity contribution in [1.29, 1.82) is 0 Å². The van der Waals surface area contributed by atoms with Crippen LogP contribution in [0.1, 0.15) is 13.3 Å². The van der Waals surface area contributed by atoms with E-state index in [9.17, 15) is 0 Å². The lowest BCUT2D eigenvalue weighted by atomic mass is 10.3. The van der Waals surface area contributed by atoms with Gasteiger partial charge in [-0.25, -0.2) is 0 Å². The summed E-state index contributed by atoms with van der Waals surface area (Å²) in [6.07, 6.45) is 2.95. The Hall–Kier alpha value is -0.920. The minimum absolute atomic E-state index is 0.668. The van der Waals surface area contributed by atoms with E-state index in [1.165, 1.54) is 11.8 Å². The number of nitrogens with zero attached hydrogens (tertiary/aromatic N) is 2. The number of anilines is 1. The number of thioether (sulfide) groups is 1. The van der Waals surface area contributed by atoms with Crippen LogP contribution in [0.3, 0.4) is 0 Å². The number of rotatable bonds is 6. The van der Waals surface area contributed by atoms with Crippen molar-refractivity contribution in [2.45, 2.75) is 26.9 Å². The summed E-state index contributed by atoms with van der Waals surface area (Å²) in [4.78, 5) is 0.956. The summed E-state index contributed by atoms with van der Waals surface area (Å²) in [6, 6.07) is 5.81. The van der Waals surface area contributed by atoms with E-state index in [4.69, 9.17) is 10.5 Å². The van der Waals surface area contributed by atoms with Crippen LogP contribution in [0.15, 0.2) is 31.8 Å². The Bertz CT molecular complexity index is 545. The molecule has 1 aromatic heterocycles. The lowest BCUT2D eigenvalue weighted by molar-refractivity contribution is 0.318. The molecule has 0 spiro atoms. The van der Waals surface area contributed by atoms with Crippen molar-refractivity contribution in [2.24, 2.45) is 0 Å². The number of nitrogens with two attached hydrogens (primary N) is 1. The van der Waals surface area contributed by atoms with Gasteiger partial charge in [0.05, 0.1) is 12.3 Å². The van der Waals surface area contributed by atoms with Crippen LogP contribution in [0.4, 0.5) is 5.69 Å². The molecule has 0 aliphatic carbocycles. The van der Waals surface area contributed by atoms with Gasteiger partial charge in [-0.1, -0.05) is 47.9 Å². The minimum Gasteiger partial charge on any atom is -0.491 e. The predicted octanol–water partition coefficient (Wildman–Crippen LogP) is 3.78. The van der Waals surface area contributed by atoms with Crippen LogP contribution < -0.4 is 10.5 Å². The summed E-state index contributed by atoms with van der Waals surface area (Å²) in [5.41, 5.74) is 6.79. The van der Waals surface area contributed by atoms with Crippen LogP contribution in [0.25, 0.3) is 0 Å². The van der Waals surface area contributed by atoms with Crippen molar-refractivity contribution in [2.75, 3.05) is 18.6 Å². The minimum atomic E-state index is 0.668. The van der Waals surface area contributed by atoms with E-state index >= 15 is 0 Å². The number of aromatic nitrogens is 2. The maximum absolute atomic E-state index is 6.12. The Balaban J connectivity index is 2.15. The Labute approximate surface area is 125 Å². The quantitative estimate of drug-likeness (QED) is 0.647. The zero-order chi connectivity index (χ0) is 13.7. The van der Waals surface area contributed by atoms with E-state index in [0.717, 1.165) is 25.7 Å². The molecular weight excluding hydrogens is 298 g/mol. The van der Waals surface area contributed by atoms with E-state index < -0.39 is 0 Å². The van der Waals surface area contributed by atoms with Gasteiger partial charge in [-0.05, 0) is 24.8 Å². The second kappa shape index (κ2) is 7.02. The molecule has 0 amide bonds. The third-order valence-corrected chi connectivity index (χ3v) is 5.27. The average molecular weight is 313 g/mol. The number of nitrogen functional groups attached to an aromatic ring is 1. The van der Waals surface area contributed by atoms with E-state index in [2.05, 4.69) is 17.1 Å². The summed E-state index contributed by atoms with van der Waals surface area (Å²) in [5.74, 6) is 0.737. The lowest BCUT2D eigenvalue weighted by Crippen LogP contribution is -1.99. The molecule has 0 aliphatic heterocycles. The van der Waals surface area contributed by atoms with Gasteiger partial charge in [0.25, 0.3) is 0 Å². The molecule has 2 aromatic rings. The van der Waals surface area contributed by atoms with E-state index in [1.807, 2.05) is 24.5 Å². The summed E-state index contributed by atoms with van der Waals surface area (Å²) in [5, 5.41) is 8.20. The highest BCUT2D eigenvalue weighted by Gasteiger charge is 2.10. The Morgan fingerprint density at radius 1 is 1.32 bits per heavy atom. The first-order chi connectivity index (χ1) is 9.24. The predicted molar refractivity (Wildman–Crippen MR) is 82.5 cm³/mol. The third kappa shape index (κ3) is 3.77. The van der Waals surface area contributed by atoms with Gasteiger partial charge in [-0.15, -0.1) is 10.2 Å². The highest BCUT2D eigenvalue weighted by atomic mass is 32.2. The highest BCUT2D eigenvalue weighted by Crippen LogP contribution is 2.39. The smallest absolute Gasteiger partial charge is 0.179 e. The zero-order valence-corrected chi connectivity index (χ0v) is 13.2. The normalized spacial score (nSPS) is 10.6. The van der Waals surface area contributed by atoms with E-state index in [-0.39, 0.29) is 0 Å². The van der Waals surface area contributed by atoms with Crippen molar-refractivity contribution >= 4 is 40.5 Å². The average Bonchev–Trinajstić information content (AvgIpc) is 2.87. The molecule has 0 radical (unpaired) electrons. The molecule has 2 rings (SSSR count). The lowest BCUT2D eigenvalue weighted by Gasteiger charge is -2.10. The molecule has 102 valence electrons. The number of hydrogen-bond acceptors (Lipinski definition) is 7. The fourth-order valence-electron chi connectivity index (χ4n) is 1.37. The fourth-order valence-corrected chi connectivity index (χ4v) is 3.83. The summed E-state index contributed by atoms with van der Waals surface area (Å²) < 4.78 is 7.47. The molecule has 4 nitrogen and oxygen atoms in total. The summed E-state index contributed by atoms with van der Waals surface area (Å²) in [6.45, 7) is 2.74. The van der Waals surface area contributed by atoms with Gasteiger partial charge in [0.15, 0.2) is 8.68 Å². The van der Waals surface area contributed by atoms with E-state index in [1.54, 1.807) is 23.1 Å². The van der Waals surface area contributed by atoms with Crippen LogP contribution in [0, 0.1) is 0 Å². The topological polar surface area (TPSA) is 61.0 Å². The molecule has 7 heteroatoms. The maximum Gasteiger partial charge on any atom is 0.179 e. The molecule has 0 saturated carbocycles. The van der Waals surface area contributed by atoms with Gasteiger partial charge < -0.3 is 10.5 Å².